The highest BCUT2D eigenvalue weighted by Crippen LogP contribution is 2.38. The van der Waals surface area contributed by atoms with Crippen LogP contribution in [0.2, 0.25) is 0 Å². The second-order valence-electron chi connectivity index (χ2n) is 6.61. The monoisotopic (exact) mass is 275 g/mol. The minimum atomic E-state index is -0.257. The lowest BCUT2D eigenvalue weighted by molar-refractivity contribution is 0.0378. The van der Waals surface area contributed by atoms with Crippen LogP contribution in [-0.2, 0) is 4.74 Å². The smallest absolute Gasteiger partial charge is 0.338 e. The Bertz CT molecular complexity index is 462. The third kappa shape index (κ3) is 3.53. The first-order valence-corrected chi connectivity index (χ1v) is 7.46. The van der Waals surface area contributed by atoms with E-state index in [-0.39, 0.29) is 12.1 Å². The Morgan fingerprint density at radius 1 is 1.30 bits per heavy atom. The molecule has 3 nitrogen and oxygen atoms in total. The standard InChI is InChI=1S/C17H25NO2/c1-12(2)20-16(19)13-7-9-14(10-8-13)18-15-6-5-11-17(15,3)4/h7-10,12,15,18H,5-6,11H2,1-4H3. The summed E-state index contributed by atoms with van der Waals surface area (Å²) in [6.07, 6.45) is 3.68. The Balaban J connectivity index is 2.00. The molecule has 2 rings (SSSR count). The lowest BCUT2D eigenvalue weighted by atomic mass is 9.87. The molecule has 1 aliphatic carbocycles. The molecule has 110 valence electrons. The quantitative estimate of drug-likeness (QED) is 0.835. The molecule has 0 spiro atoms. The molecule has 1 aliphatic rings. The zero-order valence-electron chi connectivity index (χ0n) is 12.9. The van der Waals surface area contributed by atoms with Gasteiger partial charge in [0.15, 0.2) is 0 Å². The highest BCUT2D eigenvalue weighted by atomic mass is 16.5. The number of benzene rings is 1. The molecular weight excluding hydrogens is 250 g/mol. The number of carbonyl (C=O) groups excluding carboxylic acids is 1. The number of anilines is 1. The van der Waals surface area contributed by atoms with E-state index < -0.39 is 0 Å². The van der Waals surface area contributed by atoms with Crippen molar-refractivity contribution < 1.29 is 9.53 Å². The molecule has 0 saturated heterocycles. The third-order valence-corrected chi connectivity index (χ3v) is 4.06. The van der Waals surface area contributed by atoms with Gasteiger partial charge in [0, 0.05) is 11.7 Å². The second kappa shape index (κ2) is 5.86. The second-order valence-corrected chi connectivity index (χ2v) is 6.61. The number of carbonyl (C=O) groups is 1. The van der Waals surface area contributed by atoms with Crippen LogP contribution in [0, 0.1) is 5.41 Å². The van der Waals surface area contributed by atoms with Crippen LogP contribution in [0.15, 0.2) is 24.3 Å². The van der Waals surface area contributed by atoms with Crippen molar-refractivity contribution in [3.05, 3.63) is 29.8 Å². The van der Waals surface area contributed by atoms with Crippen LogP contribution in [-0.4, -0.2) is 18.1 Å². The van der Waals surface area contributed by atoms with Crippen LogP contribution in [0.1, 0.15) is 57.3 Å². The summed E-state index contributed by atoms with van der Waals surface area (Å²) < 4.78 is 5.18. The molecule has 1 saturated carbocycles. The molecule has 0 radical (unpaired) electrons. The lowest BCUT2D eigenvalue weighted by Gasteiger charge is -2.28. The summed E-state index contributed by atoms with van der Waals surface area (Å²) in [7, 11) is 0. The van der Waals surface area contributed by atoms with Crippen LogP contribution in [0.25, 0.3) is 0 Å². The van der Waals surface area contributed by atoms with Gasteiger partial charge in [-0.3, -0.25) is 0 Å². The van der Waals surface area contributed by atoms with E-state index in [0.29, 0.717) is 17.0 Å². The third-order valence-electron chi connectivity index (χ3n) is 4.06. The van der Waals surface area contributed by atoms with Crippen LogP contribution in [0.5, 0.6) is 0 Å². The first-order valence-electron chi connectivity index (χ1n) is 7.46. The Hall–Kier alpha value is -1.51. The zero-order chi connectivity index (χ0) is 14.8. The van der Waals surface area contributed by atoms with E-state index in [2.05, 4.69) is 19.2 Å². The average molecular weight is 275 g/mol. The SMILES string of the molecule is CC(C)OC(=O)c1ccc(NC2CCCC2(C)C)cc1. The van der Waals surface area contributed by atoms with Crippen LogP contribution in [0.4, 0.5) is 5.69 Å². The van der Waals surface area contributed by atoms with Gasteiger partial charge in [0.05, 0.1) is 11.7 Å². The van der Waals surface area contributed by atoms with Crippen molar-refractivity contribution in [3.63, 3.8) is 0 Å². The Labute approximate surface area is 121 Å². The highest BCUT2D eigenvalue weighted by molar-refractivity contribution is 5.89. The van der Waals surface area contributed by atoms with E-state index in [0.717, 1.165) is 5.69 Å². The van der Waals surface area contributed by atoms with E-state index in [9.17, 15) is 4.79 Å². The summed E-state index contributed by atoms with van der Waals surface area (Å²) in [6, 6.07) is 8.09. The Morgan fingerprint density at radius 2 is 1.95 bits per heavy atom. The molecule has 1 aromatic carbocycles. The van der Waals surface area contributed by atoms with Gasteiger partial charge < -0.3 is 10.1 Å². The number of rotatable bonds is 4. The molecule has 1 fully saturated rings. The lowest BCUT2D eigenvalue weighted by Crippen LogP contribution is -2.30. The Kier molecular flexibility index (Phi) is 4.36. The number of nitrogens with one attached hydrogen (secondary N) is 1. The normalized spacial score (nSPS) is 20.9. The maximum atomic E-state index is 11.8. The van der Waals surface area contributed by atoms with E-state index in [1.807, 2.05) is 38.1 Å². The van der Waals surface area contributed by atoms with Crippen LogP contribution < -0.4 is 5.32 Å². The van der Waals surface area contributed by atoms with Crippen LogP contribution in [0.3, 0.4) is 0 Å². The molecular formula is C17H25NO2. The Morgan fingerprint density at radius 3 is 2.45 bits per heavy atom. The average Bonchev–Trinajstić information content (AvgIpc) is 2.69. The summed E-state index contributed by atoms with van der Waals surface area (Å²) >= 11 is 0. The van der Waals surface area contributed by atoms with Crippen molar-refractivity contribution in [1.82, 2.24) is 0 Å². The molecule has 0 aliphatic heterocycles. The number of hydrogen-bond acceptors (Lipinski definition) is 3. The van der Waals surface area contributed by atoms with Gasteiger partial charge in [-0.05, 0) is 56.4 Å². The first kappa shape index (κ1) is 14.9. The fourth-order valence-corrected chi connectivity index (χ4v) is 2.78. The van der Waals surface area contributed by atoms with Crippen LogP contribution >= 0.6 is 0 Å². The van der Waals surface area contributed by atoms with Crippen molar-refractivity contribution in [3.8, 4) is 0 Å². The molecule has 0 heterocycles. The van der Waals surface area contributed by atoms with E-state index in [1.165, 1.54) is 19.3 Å². The van der Waals surface area contributed by atoms with Gasteiger partial charge in [0.2, 0.25) is 0 Å². The number of ether oxygens (including phenoxy) is 1. The summed E-state index contributed by atoms with van der Waals surface area (Å²) in [6.45, 7) is 8.34. The van der Waals surface area contributed by atoms with Gasteiger partial charge in [-0.1, -0.05) is 20.3 Å². The molecule has 20 heavy (non-hydrogen) atoms. The number of hydrogen-bond donors (Lipinski definition) is 1. The predicted molar refractivity (Wildman–Crippen MR) is 82.0 cm³/mol. The van der Waals surface area contributed by atoms with Gasteiger partial charge in [-0.2, -0.15) is 0 Å². The molecule has 1 unspecified atom stereocenters. The topological polar surface area (TPSA) is 38.3 Å². The summed E-state index contributed by atoms with van der Waals surface area (Å²) in [4.78, 5) is 11.8. The van der Waals surface area contributed by atoms with E-state index >= 15 is 0 Å². The summed E-state index contributed by atoms with van der Waals surface area (Å²) in [5, 5.41) is 3.59. The number of esters is 1. The van der Waals surface area contributed by atoms with E-state index in [4.69, 9.17) is 4.74 Å². The molecule has 1 N–H and O–H groups in total. The van der Waals surface area contributed by atoms with Crippen molar-refractivity contribution in [2.24, 2.45) is 5.41 Å². The zero-order valence-corrected chi connectivity index (χ0v) is 12.9. The van der Waals surface area contributed by atoms with Gasteiger partial charge in [0.25, 0.3) is 0 Å². The first-order chi connectivity index (χ1) is 9.38. The fraction of sp³-hybridized carbons (Fsp3) is 0.588. The minimum Gasteiger partial charge on any atom is -0.459 e. The maximum absolute atomic E-state index is 11.8. The maximum Gasteiger partial charge on any atom is 0.338 e. The molecule has 0 bridgehead atoms. The largest absolute Gasteiger partial charge is 0.459 e. The van der Waals surface area contributed by atoms with Gasteiger partial charge in [-0.15, -0.1) is 0 Å². The van der Waals surface area contributed by atoms with Crippen molar-refractivity contribution >= 4 is 11.7 Å². The summed E-state index contributed by atoms with van der Waals surface area (Å²) in [5.41, 5.74) is 2.02. The molecule has 1 aromatic rings. The highest BCUT2D eigenvalue weighted by Gasteiger charge is 2.34. The molecule has 0 amide bonds. The fourth-order valence-electron chi connectivity index (χ4n) is 2.78. The summed E-state index contributed by atoms with van der Waals surface area (Å²) in [5.74, 6) is -0.257. The van der Waals surface area contributed by atoms with Crippen molar-refractivity contribution in [1.29, 1.82) is 0 Å². The van der Waals surface area contributed by atoms with E-state index in [1.54, 1.807) is 0 Å². The predicted octanol–water partition coefficient (Wildman–Crippen LogP) is 4.24. The molecule has 3 heteroatoms. The van der Waals surface area contributed by atoms with Crippen molar-refractivity contribution in [2.45, 2.75) is 59.1 Å². The minimum absolute atomic E-state index is 0.0837. The van der Waals surface area contributed by atoms with Gasteiger partial charge >= 0.3 is 5.97 Å². The van der Waals surface area contributed by atoms with Gasteiger partial charge in [-0.25, -0.2) is 4.79 Å². The van der Waals surface area contributed by atoms with Gasteiger partial charge in [0.1, 0.15) is 0 Å². The molecule has 0 aromatic heterocycles. The van der Waals surface area contributed by atoms with Crippen molar-refractivity contribution in [2.75, 3.05) is 5.32 Å². The molecule has 1 atom stereocenters.